The van der Waals surface area contributed by atoms with Gasteiger partial charge in [-0.15, -0.1) is 11.3 Å². The number of ketones is 1. The topological polar surface area (TPSA) is 167 Å². The molecule has 2 aliphatic rings. The third-order valence-corrected chi connectivity index (χ3v) is 8.61. The van der Waals surface area contributed by atoms with Gasteiger partial charge in [0, 0.05) is 29.9 Å². The molecular weight excluding hydrogens is 577 g/mol. The van der Waals surface area contributed by atoms with E-state index < -0.39 is 28.4 Å². The van der Waals surface area contributed by atoms with Crippen molar-refractivity contribution in [3.8, 4) is 0 Å². The Labute approximate surface area is 232 Å². The number of carbonyl (C=O) groups is 1. The van der Waals surface area contributed by atoms with Crippen molar-refractivity contribution >= 4 is 56.4 Å². The number of pyridine rings is 1. The first-order valence-electron chi connectivity index (χ1n) is 11.6. The monoisotopic (exact) mass is 599 g/mol. The van der Waals surface area contributed by atoms with Crippen LogP contribution in [0, 0.1) is 5.92 Å². The van der Waals surface area contributed by atoms with Crippen molar-refractivity contribution in [2.75, 3.05) is 18.5 Å². The Balaban J connectivity index is 1.35. The molecule has 0 spiro atoms. The van der Waals surface area contributed by atoms with Gasteiger partial charge in [0.25, 0.3) is 0 Å². The van der Waals surface area contributed by atoms with Crippen molar-refractivity contribution in [1.29, 1.82) is 0 Å². The first-order chi connectivity index (χ1) is 18.1. The zero-order valence-corrected chi connectivity index (χ0v) is 22.9. The first kappa shape index (κ1) is 27.3. The number of nitrogens with one attached hydrogen (secondary N) is 1. The summed E-state index contributed by atoms with van der Waals surface area (Å²) in [7, 11) is -4.11. The molecule has 0 bridgehead atoms. The Morgan fingerprint density at radius 2 is 2.05 bits per heavy atom. The zero-order valence-electron chi connectivity index (χ0n) is 19.7. The third-order valence-electron chi connectivity index (χ3n) is 6.55. The standard InChI is InChI=1S/C23H23Cl2N5O6S2/c24-19-6-14-11(7-28-19)1-2-35-21(14)15-5-18(37-22(15)25)20(32)16-8-27-10-29-23(16)30-13-3-12(17(31)4-13)9-36-38(26,33)34/h5-8,10,12-13,17,21,31H,1-4,9H2,(H2,26,33,34)(H,27,29,30)/t12-,13-,17+,21-/m1/s1. The first-order valence-corrected chi connectivity index (χ1v) is 14.6. The highest BCUT2D eigenvalue weighted by molar-refractivity contribution is 7.84. The fourth-order valence-electron chi connectivity index (χ4n) is 4.75. The second-order valence-corrected chi connectivity index (χ2v) is 12.3. The number of hydrogen-bond acceptors (Lipinski definition) is 11. The van der Waals surface area contributed by atoms with E-state index in [1.165, 1.54) is 12.5 Å². The molecule has 1 fully saturated rings. The summed E-state index contributed by atoms with van der Waals surface area (Å²) in [5.41, 5.74) is 2.76. The molecule has 4 heterocycles. The third kappa shape index (κ3) is 6.00. The molecule has 1 aliphatic heterocycles. The number of aromatic nitrogens is 3. The summed E-state index contributed by atoms with van der Waals surface area (Å²) < 4.78 is 33.3. The van der Waals surface area contributed by atoms with E-state index in [9.17, 15) is 18.3 Å². The predicted octanol–water partition coefficient (Wildman–Crippen LogP) is 2.90. The molecule has 1 aliphatic carbocycles. The molecular formula is C23H23Cl2N5O6S2. The number of fused-ring (bicyclic) bond motifs is 1. The minimum Gasteiger partial charge on any atom is -0.393 e. The van der Waals surface area contributed by atoms with Gasteiger partial charge in [0.05, 0.1) is 34.1 Å². The second kappa shape index (κ2) is 11.1. The molecule has 0 saturated heterocycles. The van der Waals surface area contributed by atoms with Crippen molar-refractivity contribution in [1.82, 2.24) is 15.0 Å². The summed E-state index contributed by atoms with van der Waals surface area (Å²) in [6.45, 7) is 0.241. The molecule has 11 nitrogen and oxygen atoms in total. The van der Waals surface area contributed by atoms with Gasteiger partial charge in [0.2, 0.25) is 5.78 Å². The number of thiophene rings is 1. The van der Waals surface area contributed by atoms with E-state index in [0.717, 1.165) is 22.5 Å². The Morgan fingerprint density at radius 1 is 1.24 bits per heavy atom. The number of carbonyl (C=O) groups excluding carboxylic acids is 1. The lowest BCUT2D eigenvalue weighted by atomic mass is 9.96. The van der Waals surface area contributed by atoms with Crippen molar-refractivity contribution in [2.45, 2.75) is 37.5 Å². The maximum atomic E-state index is 13.5. The van der Waals surface area contributed by atoms with Gasteiger partial charge < -0.3 is 15.2 Å². The van der Waals surface area contributed by atoms with Crippen LogP contribution in [-0.4, -0.2) is 59.6 Å². The summed E-state index contributed by atoms with van der Waals surface area (Å²) >= 11 is 13.8. The fraction of sp³-hybridized carbons (Fsp3) is 0.391. The van der Waals surface area contributed by atoms with E-state index in [0.29, 0.717) is 51.6 Å². The van der Waals surface area contributed by atoms with Crippen molar-refractivity contribution in [2.24, 2.45) is 11.1 Å². The lowest BCUT2D eigenvalue weighted by Crippen LogP contribution is -2.24. The zero-order chi connectivity index (χ0) is 27.0. The Hall–Kier alpha value is -2.23. The molecule has 3 aromatic rings. The number of hydrogen-bond donors (Lipinski definition) is 3. The molecule has 4 N–H and O–H groups in total. The molecule has 0 aromatic carbocycles. The number of aliphatic hydroxyl groups excluding tert-OH is 1. The quantitative estimate of drug-likeness (QED) is 0.258. The summed E-state index contributed by atoms with van der Waals surface area (Å²) in [5.74, 6) is -0.492. The van der Waals surface area contributed by atoms with E-state index in [1.807, 2.05) is 0 Å². The molecule has 5 rings (SSSR count). The second-order valence-electron chi connectivity index (χ2n) is 9.08. The fourth-order valence-corrected chi connectivity index (χ4v) is 6.55. The van der Waals surface area contributed by atoms with E-state index in [1.54, 1.807) is 18.3 Å². The van der Waals surface area contributed by atoms with Gasteiger partial charge in [-0.05, 0) is 42.5 Å². The van der Waals surface area contributed by atoms with E-state index in [4.69, 9.17) is 33.1 Å². The minimum absolute atomic E-state index is 0.230. The van der Waals surface area contributed by atoms with Crippen LogP contribution in [0.5, 0.6) is 0 Å². The maximum absolute atomic E-state index is 13.5. The van der Waals surface area contributed by atoms with Crippen LogP contribution in [0.25, 0.3) is 0 Å². The molecule has 0 unspecified atom stereocenters. The van der Waals surface area contributed by atoms with Crippen LogP contribution in [0.3, 0.4) is 0 Å². The van der Waals surface area contributed by atoms with Gasteiger partial charge in [-0.3, -0.25) is 8.98 Å². The van der Waals surface area contributed by atoms with E-state index in [-0.39, 0.29) is 24.0 Å². The van der Waals surface area contributed by atoms with Crippen LogP contribution in [0.1, 0.15) is 50.9 Å². The number of rotatable bonds is 8. The average Bonchev–Trinajstić information content (AvgIpc) is 3.43. The molecule has 15 heteroatoms. The highest BCUT2D eigenvalue weighted by Gasteiger charge is 2.35. The predicted molar refractivity (Wildman–Crippen MR) is 141 cm³/mol. The van der Waals surface area contributed by atoms with Crippen molar-refractivity contribution in [3.63, 3.8) is 0 Å². The van der Waals surface area contributed by atoms with Gasteiger partial charge in [0.15, 0.2) is 0 Å². The van der Waals surface area contributed by atoms with Gasteiger partial charge in [-0.25, -0.2) is 20.1 Å². The molecule has 0 amide bonds. The van der Waals surface area contributed by atoms with Crippen LogP contribution in [0.2, 0.25) is 9.49 Å². The molecule has 38 heavy (non-hydrogen) atoms. The van der Waals surface area contributed by atoms with Gasteiger partial charge >= 0.3 is 10.3 Å². The van der Waals surface area contributed by atoms with Gasteiger partial charge in [-0.1, -0.05) is 23.2 Å². The van der Waals surface area contributed by atoms with Gasteiger partial charge in [-0.2, -0.15) is 8.42 Å². The number of halogens is 2. The van der Waals surface area contributed by atoms with E-state index >= 15 is 0 Å². The average molecular weight is 601 g/mol. The van der Waals surface area contributed by atoms with Crippen molar-refractivity contribution in [3.05, 3.63) is 67.5 Å². The molecule has 1 saturated carbocycles. The van der Waals surface area contributed by atoms with Crippen LogP contribution in [0.15, 0.2) is 30.9 Å². The smallest absolute Gasteiger partial charge is 0.333 e. The molecule has 4 atom stereocenters. The number of nitrogens with zero attached hydrogens (tertiary/aromatic N) is 3. The number of aliphatic hydroxyl groups is 1. The molecule has 202 valence electrons. The number of nitrogens with two attached hydrogens (primary N) is 1. The Kier molecular flexibility index (Phi) is 7.99. The molecule has 3 aromatic heterocycles. The maximum Gasteiger partial charge on any atom is 0.333 e. The van der Waals surface area contributed by atoms with Gasteiger partial charge in [0.1, 0.15) is 23.4 Å². The van der Waals surface area contributed by atoms with Crippen LogP contribution in [-0.2, 0) is 25.6 Å². The highest BCUT2D eigenvalue weighted by atomic mass is 35.5. The van der Waals surface area contributed by atoms with Crippen LogP contribution >= 0.6 is 34.5 Å². The molecule has 0 radical (unpaired) electrons. The minimum atomic E-state index is -4.11. The highest BCUT2D eigenvalue weighted by Crippen LogP contribution is 2.41. The normalized spacial score (nSPS) is 23.3. The Bertz CT molecular complexity index is 1470. The van der Waals surface area contributed by atoms with Crippen molar-refractivity contribution < 1.29 is 27.2 Å². The van der Waals surface area contributed by atoms with E-state index in [2.05, 4.69) is 24.5 Å². The summed E-state index contributed by atoms with van der Waals surface area (Å²) in [6.07, 6.45) is 4.55. The SMILES string of the molecule is NS(=O)(=O)OC[C@H]1C[C@@H](Nc2ncncc2C(=O)c2cc([C@@H]3OCCc4cnc(Cl)cc43)c(Cl)s2)C[C@@H]1O. The number of anilines is 1. The summed E-state index contributed by atoms with van der Waals surface area (Å²) in [5, 5.41) is 18.8. The largest absolute Gasteiger partial charge is 0.393 e. The van der Waals surface area contributed by atoms with Crippen LogP contribution < -0.4 is 10.5 Å². The lowest BCUT2D eigenvalue weighted by Gasteiger charge is -2.25. The number of ether oxygens (including phenoxy) is 1. The summed E-state index contributed by atoms with van der Waals surface area (Å²) in [4.78, 5) is 26.3. The Morgan fingerprint density at radius 3 is 2.84 bits per heavy atom. The lowest BCUT2D eigenvalue weighted by molar-refractivity contribution is 0.0699. The summed E-state index contributed by atoms with van der Waals surface area (Å²) in [6, 6.07) is 3.18. The van der Waals surface area contributed by atoms with Crippen LogP contribution in [0.4, 0.5) is 5.82 Å².